The second-order valence-electron chi connectivity index (χ2n) is 6.42. The van der Waals surface area contributed by atoms with E-state index in [0.717, 1.165) is 30.4 Å². The maximum atomic E-state index is 12.2. The van der Waals surface area contributed by atoms with Crippen LogP contribution in [0.1, 0.15) is 50.5 Å². The monoisotopic (exact) mass is 299 g/mol. The van der Waals surface area contributed by atoms with Crippen molar-refractivity contribution in [2.24, 2.45) is 5.92 Å². The van der Waals surface area contributed by atoms with Crippen molar-refractivity contribution >= 4 is 16.7 Å². The van der Waals surface area contributed by atoms with Gasteiger partial charge in [-0.15, -0.1) is 0 Å². The summed E-state index contributed by atoms with van der Waals surface area (Å²) in [6.45, 7) is 4.20. The van der Waals surface area contributed by atoms with Gasteiger partial charge in [0.1, 0.15) is 5.78 Å². The maximum absolute atomic E-state index is 12.2. The molecule has 0 radical (unpaired) electrons. The van der Waals surface area contributed by atoms with Crippen molar-refractivity contribution in [2.45, 2.75) is 44.9 Å². The zero-order valence-electron chi connectivity index (χ0n) is 13.3. The highest BCUT2D eigenvalue weighted by Crippen LogP contribution is 2.34. The number of carbonyl (C=O) groups is 1. The van der Waals surface area contributed by atoms with Gasteiger partial charge in [-0.3, -0.25) is 9.89 Å². The van der Waals surface area contributed by atoms with Gasteiger partial charge in [-0.25, -0.2) is 0 Å². The molecule has 1 aliphatic rings. The molecule has 1 aliphatic heterocycles. The summed E-state index contributed by atoms with van der Waals surface area (Å²) in [6, 6.07) is 6.46. The molecule has 2 unspecified atom stereocenters. The first-order valence-corrected chi connectivity index (χ1v) is 8.43. The molecule has 3 rings (SSSR count). The number of aromatic amines is 1. The number of aromatic nitrogens is 2. The van der Waals surface area contributed by atoms with Gasteiger partial charge in [-0.1, -0.05) is 13.0 Å². The van der Waals surface area contributed by atoms with E-state index < -0.39 is 0 Å². The first-order valence-electron chi connectivity index (χ1n) is 8.43. The van der Waals surface area contributed by atoms with Crippen LogP contribution < -0.4 is 5.32 Å². The Kier molecular flexibility index (Phi) is 4.88. The molecule has 4 heteroatoms. The highest BCUT2D eigenvalue weighted by Gasteiger charge is 2.27. The molecule has 2 heterocycles. The third-order valence-electron chi connectivity index (χ3n) is 4.77. The molecule has 0 amide bonds. The first kappa shape index (κ1) is 15.2. The number of benzene rings is 1. The van der Waals surface area contributed by atoms with Crippen LogP contribution in [0, 0.1) is 5.92 Å². The lowest BCUT2D eigenvalue weighted by Crippen LogP contribution is -2.34. The summed E-state index contributed by atoms with van der Waals surface area (Å²) in [7, 11) is 0. The smallest absolute Gasteiger partial charge is 0.133 e. The van der Waals surface area contributed by atoms with E-state index in [-0.39, 0.29) is 0 Å². The average molecular weight is 299 g/mol. The molecule has 1 aromatic carbocycles. The number of nitrogens with one attached hydrogen (secondary N) is 2. The van der Waals surface area contributed by atoms with Crippen LogP contribution >= 0.6 is 0 Å². The molecular weight excluding hydrogens is 274 g/mol. The van der Waals surface area contributed by atoms with Crippen molar-refractivity contribution in [3.8, 4) is 0 Å². The Morgan fingerprint density at radius 3 is 3.14 bits per heavy atom. The van der Waals surface area contributed by atoms with E-state index in [0.29, 0.717) is 30.5 Å². The molecule has 0 spiro atoms. The van der Waals surface area contributed by atoms with Gasteiger partial charge in [0.05, 0.1) is 11.7 Å². The molecule has 2 N–H and O–H groups in total. The summed E-state index contributed by atoms with van der Waals surface area (Å²) >= 11 is 0. The molecule has 0 saturated carbocycles. The summed E-state index contributed by atoms with van der Waals surface area (Å²) in [5.41, 5.74) is 2.34. The van der Waals surface area contributed by atoms with Gasteiger partial charge in [0, 0.05) is 18.2 Å². The molecule has 1 fully saturated rings. The lowest BCUT2D eigenvalue weighted by molar-refractivity contribution is -0.119. The second-order valence-corrected chi connectivity index (χ2v) is 6.42. The number of ketones is 1. The molecule has 1 aromatic heterocycles. The molecule has 22 heavy (non-hydrogen) atoms. The molecule has 1 saturated heterocycles. The van der Waals surface area contributed by atoms with Crippen LogP contribution in [0.25, 0.3) is 10.9 Å². The van der Waals surface area contributed by atoms with E-state index in [4.69, 9.17) is 0 Å². The fourth-order valence-electron chi connectivity index (χ4n) is 3.60. The van der Waals surface area contributed by atoms with Gasteiger partial charge in [0.25, 0.3) is 0 Å². The Morgan fingerprint density at radius 2 is 2.36 bits per heavy atom. The van der Waals surface area contributed by atoms with Crippen molar-refractivity contribution in [2.75, 3.05) is 13.1 Å². The van der Waals surface area contributed by atoms with E-state index in [1.54, 1.807) is 0 Å². The lowest BCUT2D eigenvalue weighted by atomic mass is 9.78. The van der Waals surface area contributed by atoms with Crippen LogP contribution in [0.4, 0.5) is 0 Å². The summed E-state index contributed by atoms with van der Waals surface area (Å²) in [5, 5.41) is 11.7. The van der Waals surface area contributed by atoms with Crippen LogP contribution in [0.5, 0.6) is 0 Å². The van der Waals surface area contributed by atoms with Gasteiger partial charge >= 0.3 is 0 Å². The van der Waals surface area contributed by atoms with Crippen LogP contribution in [0.15, 0.2) is 24.4 Å². The number of piperidine rings is 1. The molecule has 118 valence electrons. The quantitative estimate of drug-likeness (QED) is 0.859. The predicted octanol–water partition coefficient (Wildman–Crippen LogP) is 3.41. The topological polar surface area (TPSA) is 57.8 Å². The number of H-pyrrole nitrogens is 1. The SMILES string of the molecule is CCCC(=O)CC(c1ccc2[nH]ncc2c1)C1CCCNC1. The number of fused-ring (bicyclic) bond motifs is 1. The van der Waals surface area contributed by atoms with Gasteiger partial charge in [-0.2, -0.15) is 5.10 Å². The zero-order chi connectivity index (χ0) is 15.4. The van der Waals surface area contributed by atoms with Crippen molar-refractivity contribution in [3.05, 3.63) is 30.0 Å². The Hall–Kier alpha value is -1.68. The maximum Gasteiger partial charge on any atom is 0.133 e. The van der Waals surface area contributed by atoms with Crippen LogP contribution in [0.2, 0.25) is 0 Å². The van der Waals surface area contributed by atoms with Crippen molar-refractivity contribution < 1.29 is 4.79 Å². The normalized spacial score (nSPS) is 20.1. The minimum absolute atomic E-state index is 0.325. The highest BCUT2D eigenvalue weighted by molar-refractivity contribution is 5.81. The van der Waals surface area contributed by atoms with Crippen molar-refractivity contribution in [1.82, 2.24) is 15.5 Å². The lowest BCUT2D eigenvalue weighted by Gasteiger charge is -2.31. The molecule has 2 aromatic rings. The Bertz CT molecular complexity index is 628. The van der Waals surface area contributed by atoms with Gasteiger partial charge in [0.2, 0.25) is 0 Å². The molecule has 2 atom stereocenters. The van der Waals surface area contributed by atoms with Crippen LogP contribution in [0.3, 0.4) is 0 Å². The van der Waals surface area contributed by atoms with E-state index in [2.05, 4.69) is 40.6 Å². The van der Waals surface area contributed by atoms with Crippen molar-refractivity contribution in [1.29, 1.82) is 0 Å². The number of nitrogens with zero attached hydrogens (tertiary/aromatic N) is 1. The van der Waals surface area contributed by atoms with Gasteiger partial charge < -0.3 is 5.32 Å². The largest absolute Gasteiger partial charge is 0.316 e. The number of rotatable bonds is 6. The van der Waals surface area contributed by atoms with Crippen LogP contribution in [-0.4, -0.2) is 29.1 Å². The van der Waals surface area contributed by atoms with E-state index >= 15 is 0 Å². The number of hydrogen-bond donors (Lipinski definition) is 2. The standard InChI is InChI=1S/C18H25N3O/c1-2-4-16(22)10-17(14-5-3-8-19-11-14)13-6-7-18-15(9-13)12-20-21-18/h6-7,9,12,14,17,19H,2-5,8,10-11H2,1H3,(H,20,21). The average Bonchev–Trinajstić information content (AvgIpc) is 3.01. The third kappa shape index (κ3) is 3.38. The molecular formula is C18H25N3O. The predicted molar refractivity (Wildman–Crippen MR) is 89.0 cm³/mol. The summed E-state index contributed by atoms with van der Waals surface area (Å²) in [4.78, 5) is 12.2. The summed E-state index contributed by atoms with van der Waals surface area (Å²) in [6.07, 6.45) is 6.59. The number of hydrogen-bond acceptors (Lipinski definition) is 3. The number of Topliss-reactive ketones (excluding diaryl/α,β-unsaturated/α-hetero) is 1. The third-order valence-corrected chi connectivity index (χ3v) is 4.77. The second kappa shape index (κ2) is 7.05. The number of carbonyl (C=O) groups excluding carboxylic acids is 1. The zero-order valence-corrected chi connectivity index (χ0v) is 13.3. The van der Waals surface area contributed by atoms with E-state index in [1.807, 2.05) is 6.20 Å². The Labute approximate surface area is 131 Å². The summed E-state index contributed by atoms with van der Waals surface area (Å²) in [5.74, 6) is 1.27. The minimum atomic E-state index is 0.325. The molecule has 0 aliphatic carbocycles. The fourth-order valence-corrected chi connectivity index (χ4v) is 3.60. The van der Waals surface area contributed by atoms with Gasteiger partial charge in [0.15, 0.2) is 0 Å². The van der Waals surface area contributed by atoms with E-state index in [9.17, 15) is 4.79 Å². The van der Waals surface area contributed by atoms with E-state index in [1.165, 1.54) is 18.4 Å². The Balaban J connectivity index is 1.86. The Morgan fingerprint density at radius 1 is 1.45 bits per heavy atom. The summed E-state index contributed by atoms with van der Waals surface area (Å²) < 4.78 is 0. The first-order chi connectivity index (χ1) is 10.8. The van der Waals surface area contributed by atoms with Crippen LogP contribution in [-0.2, 0) is 4.79 Å². The molecule has 0 bridgehead atoms. The van der Waals surface area contributed by atoms with Gasteiger partial charge in [-0.05, 0) is 61.9 Å². The van der Waals surface area contributed by atoms with Crippen molar-refractivity contribution in [3.63, 3.8) is 0 Å². The minimum Gasteiger partial charge on any atom is -0.316 e. The fraction of sp³-hybridized carbons (Fsp3) is 0.556. The molecule has 4 nitrogen and oxygen atoms in total. The highest BCUT2D eigenvalue weighted by atomic mass is 16.1.